The van der Waals surface area contributed by atoms with Gasteiger partial charge < -0.3 is 5.11 Å². The van der Waals surface area contributed by atoms with Gasteiger partial charge in [0, 0.05) is 0 Å². The Kier molecular flexibility index (Phi) is 2.84. The Bertz CT molecular complexity index is 671. The number of aromatic amines is 1. The van der Waals surface area contributed by atoms with Gasteiger partial charge in [0.2, 0.25) is 11.7 Å². The first kappa shape index (κ1) is 11.6. The van der Waals surface area contributed by atoms with Crippen molar-refractivity contribution in [2.45, 2.75) is 13.5 Å². The van der Waals surface area contributed by atoms with Crippen molar-refractivity contribution in [1.29, 1.82) is 0 Å². The monoisotopic (exact) mass is 256 g/mol. The highest BCUT2D eigenvalue weighted by Gasteiger charge is 2.14. The first-order valence-corrected chi connectivity index (χ1v) is 5.68. The van der Waals surface area contributed by atoms with Crippen LogP contribution in [0.5, 0.6) is 5.88 Å². The van der Waals surface area contributed by atoms with Gasteiger partial charge in [-0.2, -0.15) is 15.7 Å². The SMILES string of the molecule is Cc1cscc1Cn1c(O)c(F)c(=O)[nH]c1=O. The van der Waals surface area contributed by atoms with Gasteiger partial charge in [0.25, 0.3) is 5.56 Å². The average Bonchev–Trinajstić information content (AvgIpc) is 2.67. The number of halogens is 1. The lowest BCUT2D eigenvalue weighted by atomic mass is 10.2. The molecule has 2 aromatic rings. The fourth-order valence-corrected chi connectivity index (χ4v) is 2.25. The van der Waals surface area contributed by atoms with Crippen LogP contribution in [0.2, 0.25) is 0 Å². The zero-order chi connectivity index (χ0) is 12.6. The van der Waals surface area contributed by atoms with Crippen molar-refractivity contribution in [2.24, 2.45) is 0 Å². The third-order valence-corrected chi connectivity index (χ3v) is 3.32. The summed E-state index contributed by atoms with van der Waals surface area (Å²) in [4.78, 5) is 24.1. The summed E-state index contributed by atoms with van der Waals surface area (Å²) in [5.74, 6) is -2.29. The Morgan fingerprint density at radius 3 is 2.76 bits per heavy atom. The quantitative estimate of drug-likeness (QED) is 0.834. The first-order chi connectivity index (χ1) is 8.00. The van der Waals surface area contributed by atoms with Crippen molar-refractivity contribution >= 4 is 11.3 Å². The van der Waals surface area contributed by atoms with Gasteiger partial charge >= 0.3 is 5.69 Å². The van der Waals surface area contributed by atoms with E-state index in [1.807, 2.05) is 12.3 Å². The minimum absolute atomic E-state index is 0.0215. The fraction of sp³-hybridized carbons (Fsp3) is 0.200. The Balaban J connectivity index is 2.54. The van der Waals surface area contributed by atoms with Crippen molar-refractivity contribution < 1.29 is 9.50 Å². The second kappa shape index (κ2) is 4.17. The Hall–Kier alpha value is -1.89. The predicted molar refractivity (Wildman–Crippen MR) is 61.1 cm³/mol. The summed E-state index contributed by atoms with van der Waals surface area (Å²) >= 11 is 1.44. The minimum Gasteiger partial charge on any atom is -0.492 e. The second-order valence-corrected chi connectivity index (χ2v) is 4.31. The highest BCUT2D eigenvalue weighted by molar-refractivity contribution is 7.08. The van der Waals surface area contributed by atoms with Crippen LogP contribution in [-0.4, -0.2) is 14.7 Å². The van der Waals surface area contributed by atoms with E-state index in [0.717, 1.165) is 15.7 Å². The summed E-state index contributed by atoms with van der Waals surface area (Å²) in [7, 11) is 0. The summed E-state index contributed by atoms with van der Waals surface area (Å²) in [6.07, 6.45) is 0. The maximum atomic E-state index is 13.1. The molecule has 0 bridgehead atoms. The molecule has 0 aliphatic carbocycles. The third-order valence-electron chi connectivity index (χ3n) is 2.41. The van der Waals surface area contributed by atoms with Crippen molar-refractivity contribution in [2.75, 3.05) is 0 Å². The molecule has 0 amide bonds. The highest BCUT2D eigenvalue weighted by atomic mass is 32.1. The molecular weight excluding hydrogens is 247 g/mol. The molecule has 2 aromatic heterocycles. The first-order valence-electron chi connectivity index (χ1n) is 4.74. The van der Waals surface area contributed by atoms with E-state index in [1.165, 1.54) is 11.3 Å². The Morgan fingerprint density at radius 2 is 2.18 bits per heavy atom. The van der Waals surface area contributed by atoms with Crippen LogP contribution in [0.25, 0.3) is 0 Å². The molecule has 0 atom stereocenters. The number of hydrogen-bond acceptors (Lipinski definition) is 4. The van der Waals surface area contributed by atoms with E-state index < -0.39 is 22.9 Å². The van der Waals surface area contributed by atoms with E-state index in [9.17, 15) is 19.1 Å². The standard InChI is InChI=1S/C10H9FN2O3S/c1-5-3-17-4-6(5)2-13-9(15)7(11)8(14)12-10(13)16/h3-4,15H,2H2,1H3,(H,12,14,16). The van der Waals surface area contributed by atoms with Gasteiger partial charge in [0.15, 0.2) is 0 Å². The van der Waals surface area contributed by atoms with E-state index in [2.05, 4.69) is 0 Å². The number of hydrogen-bond donors (Lipinski definition) is 2. The van der Waals surface area contributed by atoms with Crippen LogP contribution in [0.3, 0.4) is 0 Å². The number of nitrogens with zero attached hydrogens (tertiary/aromatic N) is 1. The van der Waals surface area contributed by atoms with Gasteiger partial charge in [-0.15, -0.1) is 0 Å². The molecule has 0 unspecified atom stereocenters. The van der Waals surface area contributed by atoms with Crippen LogP contribution < -0.4 is 11.2 Å². The van der Waals surface area contributed by atoms with Crippen LogP contribution in [0.15, 0.2) is 20.3 Å². The van der Waals surface area contributed by atoms with Gasteiger partial charge in [0.1, 0.15) is 0 Å². The van der Waals surface area contributed by atoms with Crippen molar-refractivity contribution in [1.82, 2.24) is 9.55 Å². The molecular formula is C10H9FN2O3S. The molecule has 0 saturated heterocycles. The van der Waals surface area contributed by atoms with Crippen LogP contribution in [0.4, 0.5) is 4.39 Å². The molecule has 2 N–H and O–H groups in total. The Labute approximate surface area is 98.8 Å². The number of aryl methyl sites for hydroxylation is 1. The van der Waals surface area contributed by atoms with Gasteiger partial charge in [-0.25, -0.2) is 4.79 Å². The molecule has 0 aliphatic rings. The molecule has 5 nitrogen and oxygen atoms in total. The molecule has 90 valence electrons. The molecule has 0 fully saturated rings. The maximum absolute atomic E-state index is 13.1. The normalized spacial score (nSPS) is 10.7. The highest BCUT2D eigenvalue weighted by Crippen LogP contribution is 2.17. The molecule has 0 aromatic carbocycles. The zero-order valence-corrected chi connectivity index (χ0v) is 9.68. The van der Waals surface area contributed by atoms with E-state index >= 15 is 0 Å². The summed E-state index contributed by atoms with van der Waals surface area (Å²) in [6, 6.07) is 0. The molecule has 0 aliphatic heterocycles. The molecule has 0 spiro atoms. The summed E-state index contributed by atoms with van der Waals surface area (Å²) in [5.41, 5.74) is -0.322. The summed E-state index contributed by atoms with van der Waals surface area (Å²) < 4.78 is 13.9. The van der Waals surface area contributed by atoms with Crippen LogP contribution in [-0.2, 0) is 6.54 Å². The largest absolute Gasteiger partial charge is 0.492 e. The number of aromatic hydroxyl groups is 1. The van der Waals surface area contributed by atoms with E-state index in [-0.39, 0.29) is 6.54 Å². The lowest BCUT2D eigenvalue weighted by Gasteiger charge is -2.07. The van der Waals surface area contributed by atoms with Crippen LogP contribution in [0.1, 0.15) is 11.1 Å². The smallest absolute Gasteiger partial charge is 0.331 e. The predicted octanol–water partition coefficient (Wildman–Crippen LogP) is 0.800. The number of rotatable bonds is 2. The van der Waals surface area contributed by atoms with Crippen molar-refractivity contribution in [3.8, 4) is 5.88 Å². The van der Waals surface area contributed by atoms with Crippen LogP contribution >= 0.6 is 11.3 Å². The van der Waals surface area contributed by atoms with Crippen LogP contribution in [0, 0.1) is 12.7 Å². The summed E-state index contributed by atoms with van der Waals surface area (Å²) in [6.45, 7) is 1.86. The molecule has 7 heteroatoms. The molecule has 2 heterocycles. The zero-order valence-electron chi connectivity index (χ0n) is 8.86. The molecule has 17 heavy (non-hydrogen) atoms. The number of nitrogens with one attached hydrogen (secondary N) is 1. The van der Waals surface area contributed by atoms with E-state index in [1.54, 1.807) is 10.4 Å². The lowest BCUT2D eigenvalue weighted by Crippen LogP contribution is -2.32. The van der Waals surface area contributed by atoms with Crippen molar-refractivity contribution in [3.05, 3.63) is 48.5 Å². The topological polar surface area (TPSA) is 75.1 Å². The van der Waals surface area contributed by atoms with E-state index in [4.69, 9.17) is 0 Å². The fourth-order valence-electron chi connectivity index (χ4n) is 1.40. The number of H-pyrrole nitrogens is 1. The molecule has 0 saturated carbocycles. The second-order valence-electron chi connectivity index (χ2n) is 3.56. The molecule has 0 radical (unpaired) electrons. The van der Waals surface area contributed by atoms with Gasteiger partial charge in [-0.1, -0.05) is 0 Å². The lowest BCUT2D eigenvalue weighted by molar-refractivity contribution is 0.367. The molecule has 2 rings (SSSR count). The average molecular weight is 256 g/mol. The van der Waals surface area contributed by atoms with Gasteiger partial charge in [0.05, 0.1) is 6.54 Å². The minimum atomic E-state index is -1.35. The van der Waals surface area contributed by atoms with Crippen molar-refractivity contribution in [3.63, 3.8) is 0 Å². The number of thiophene rings is 1. The van der Waals surface area contributed by atoms with E-state index in [0.29, 0.717) is 0 Å². The Morgan fingerprint density at radius 1 is 1.47 bits per heavy atom. The van der Waals surface area contributed by atoms with Gasteiger partial charge in [-0.3, -0.25) is 14.3 Å². The maximum Gasteiger partial charge on any atom is 0.331 e. The van der Waals surface area contributed by atoms with Gasteiger partial charge in [-0.05, 0) is 28.8 Å². The summed E-state index contributed by atoms with van der Waals surface area (Å²) in [5, 5.41) is 13.1. The number of aromatic nitrogens is 2. The third kappa shape index (κ3) is 2.01.